The smallest absolute Gasteiger partial charge is 0.223 e. The third kappa shape index (κ3) is 4.83. The highest BCUT2D eigenvalue weighted by atomic mass is 16.5. The zero-order valence-corrected chi connectivity index (χ0v) is 14.3. The van der Waals surface area contributed by atoms with Gasteiger partial charge in [-0.3, -0.25) is 4.79 Å². The number of hydrogen-bond acceptors (Lipinski definition) is 4. The number of rotatable bonds is 6. The van der Waals surface area contributed by atoms with Gasteiger partial charge in [-0.25, -0.2) is 0 Å². The molecule has 1 aromatic rings. The minimum absolute atomic E-state index is 0.132. The molecule has 0 radical (unpaired) electrons. The number of carbonyl (C=O) groups is 1. The van der Waals surface area contributed by atoms with Gasteiger partial charge in [0.05, 0.1) is 12.2 Å². The maximum absolute atomic E-state index is 12.2. The van der Waals surface area contributed by atoms with Crippen LogP contribution < -0.4 is 5.32 Å². The largest absolute Gasteiger partial charge is 0.359 e. The highest BCUT2D eigenvalue weighted by Gasteiger charge is 2.25. The van der Waals surface area contributed by atoms with E-state index in [0.717, 1.165) is 43.8 Å². The Balaban J connectivity index is 1.75. The summed E-state index contributed by atoms with van der Waals surface area (Å²) in [5, 5.41) is 7.03. The van der Waals surface area contributed by atoms with E-state index in [9.17, 15) is 4.79 Å². The average molecular weight is 307 g/mol. The minimum atomic E-state index is 0.132. The van der Waals surface area contributed by atoms with Gasteiger partial charge in [-0.2, -0.15) is 0 Å². The normalized spacial score (nSPS) is 17.4. The Labute approximate surface area is 133 Å². The first-order chi connectivity index (χ1) is 10.5. The maximum atomic E-state index is 12.2. The summed E-state index contributed by atoms with van der Waals surface area (Å²) in [6.07, 6.45) is 2.79. The number of nitrogens with one attached hydrogen (secondary N) is 1. The van der Waals surface area contributed by atoms with Crippen LogP contribution in [0.2, 0.25) is 0 Å². The molecular formula is C17H29N3O2. The van der Waals surface area contributed by atoms with Crippen LogP contribution in [0.25, 0.3) is 0 Å². The van der Waals surface area contributed by atoms with Crippen molar-refractivity contribution in [2.75, 3.05) is 13.1 Å². The Bertz CT molecular complexity index is 474. The van der Waals surface area contributed by atoms with Gasteiger partial charge in [-0.1, -0.05) is 19.0 Å². The number of likely N-dealkylation sites (tertiary alicyclic amines) is 1. The Morgan fingerprint density at radius 3 is 2.64 bits per heavy atom. The van der Waals surface area contributed by atoms with Crippen molar-refractivity contribution in [3.8, 4) is 0 Å². The Morgan fingerprint density at radius 2 is 2.05 bits per heavy atom. The lowest BCUT2D eigenvalue weighted by molar-refractivity contribution is -0.126. The molecule has 1 N–H and O–H groups in total. The lowest BCUT2D eigenvalue weighted by Crippen LogP contribution is -2.42. The summed E-state index contributed by atoms with van der Waals surface area (Å²) in [5.41, 5.74) is 0.962. The first-order valence-corrected chi connectivity index (χ1v) is 8.42. The molecule has 0 aromatic carbocycles. The Morgan fingerprint density at radius 1 is 1.36 bits per heavy atom. The second-order valence-electron chi connectivity index (χ2n) is 7.00. The second kappa shape index (κ2) is 7.77. The summed E-state index contributed by atoms with van der Waals surface area (Å²) in [4.78, 5) is 14.7. The molecule has 1 aliphatic rings. The third-order valence-corrected chi connectivity index (χ3v) is 4.29. The van der Waals surface area contributed by atoms with Crippen molar-refractivity contribution >= 4 is 5.91 Å². The van der Waals surface area contributed by atoms with Crippen molar-refractivity contribution in [2.24, 2.45) is 11.8 Å². The van der Waals surface area contributed by atoms with Gasteiger partial charge in [0, 0.05) is 18.0 Å². The number of aromatic nitrogens is 1. The number of carbonyl (C=O) groups excluding carboxylic acids is 1. The highest BCUT2D eigenvalue weighted by molar-refractivity contribution is 5.78. The molecule has 5 heteroatoms. The third-order valence-electron chi connectivity index (χ3n) is 4.29. The lowest BCUT2D eigenvalue weighted by Gasteiger charge is -2.33. The molecule has 124 valence electrons. The van der Waals surface area contributed by atoms with Gasteiger partial charge in [0.2, 0.25) is 5.91 Å². The number of hydrogen-bond donors (Lipinski definition) is 1. The molecule has 0 bridgehead atoms. The van der Waals surface area contributed by atoms with Gasteiger partial charge in [0.25, 0.3) is 0 Å². The van der Waals surface area contributed by atoms with Crippen molar-refractivity contribution < 1.29 is 9.32 Å². The maximum Gasteiger partial charge on any atom is 0.223 e. The summed E-state index contributed by atoms with van der Waals surface area (Å²) < 4.78 is 5.28. The minimum Gasteiger partial charge on any atom is -0.359 e. The van der Waals surface area contributed by atoms with Crippen LogP contribution in [0.15, 0.2) is 10.6 Å². The van der Waals surface area contributed by atoms with Gasteiger partial charge in [0.1, 0.15) is 0 Å². The summed E-state index contributed by atoms with van der Waals surface area (Å²) in [6, 6.07) is 2.51. The standard InChI is InChI=1S/C17H29N3O2/c1-12(2)9-15-10-16(22-19-15)11-18-17(21)14-5-7-20(8-6-14)13(3)4/h10,12-14H,5-9,11H2,1-4H3,(H,18,21). The fourth-order valence-corrected chi connectivity index (χ4v) is 2.95. The molecule has 1 fully saturated rings. The molecule has 2 rings (SSSR count). The fourth-order valence-electron chi connectivity index (χ4n) is 2.95. The van der Waals surface area contributed by atoms with Crippen LogP contribution in [-0.2, 0) is 17.8 Å². The predicted octanol–water partition coefficient (Wildman–Crippen LogP) is 2.61. The van der Waals surface area contributed by atoms with Crippen LogP contribution in [-0.4, -0.2) is 35.1 Å². The molecular weight excluding hydrogens is 278 g/mol. The van der Waals surface area contributed by atoms with Gasteiger partial charge in [0.15, 0.2) is 5.76 Å². The van der Waals surface area contributed by atoms with E-state index in [4.69, 9.17) is 4.52 Å². The van der Waals surface area contributed by atoms with Crippen molar-refractivity contribution in [2.45, 2.75) is 59.5 Å². The molecule has 0 atom stereocenters. The van der Waals surface area contributed by atoms with Gasteiger partial charge >= 0.3 is 0 Å². The topological polar surface area (TPSA) is 58.4 Å². The van der Waals surface area contributed by atoms with E-state index in [1.807, 2.05) is 6.07 Å². The van der Waals surface area contributed by atoms with E-state index in [0.29, 0.717) is 18.5 Å². The van der Waals surface area contributed by atoms with E-state index < -0.39 is 0 Å². The Hall–Kier alpha value is -1.36. The second-order valence-corrected chi connectivity index (χ2v) is 7.00. The van der Waals surface area contributed by atoms with E-state index in [-0.39, 0.29) is 11.8 Å². The number of amides is 1. The number of piperidine rings is 1. The van der Waals surface area contributed by atoms with Gasteiger partial charge < -0.3 is 14.7 Å². The molecule has 0 aliphatic carbocycles. The SMILES string of the molecule is CC(C)Cc1cc(CNC(=O)C2CCN(C(C)C)CC2)on1. The zero-order valence-electron chi connectivity index (χ0n) is 14.3. The van der Waals surface area contributed by atoms with Crippen molar-refractivity contribution in [1.29, 1.82) is 0 Å². The summed E-state index contributed by atoms with van der Waals surface area (Å²) in [5.74, 6) is 1.57. The molecule has 0 unspecified atom stereocenters. The average Bonchev–Trinajstić information content (AvgIpc) is 2.91. The van der Waals surface area contributed by atoms with Crippen LogP contribution in [0.4, 0.5) is 0 Å². The molecule has 22 heavy (non-hydrogen) atoms. The fraction of sp³-hybridized carbons (Fsp3) is 0.765. The molecule has 0 spiro atoms. The predicted molar refractivity (Wildman–Crippen MR) is 86.3 cm³/mol. The van der Waals surface area contributed by atoms with E-state index in [1.165, 1.54) is 0 Å². The van der Waals surface area contributed by atoms with Crippen LogP contribution in [0.1, 0.15) is 52.0 Å². The van der Waals surface area contributed by atoms with Gasteiger partial charge in [-0.15, -0.1) is 0 Å². The first-order valence-electron chi connectivity index (χ1n) is 8.42. The van der Waals surface area contributed by atoms with Crippen LogP contribution in [0, 0.1) is 11.8 Å². The van der Waals surface area contributed by atoms with Crippen molar-refractivity contribution in [3.05, 3.63) is 17.5 Å². The zero-order chi connectivity index (χ0) is 16.1. The molecule has 1 amide bonds. The molecule has 5 nitrogen and oxygen atoms in total. The van der Waals surface area contributed by atoms with Crippen molar-refractivity contribution in [1.82, 2.24) is 15.4 Å². The lowest BCUT2D eigenvalue weighted by atomic mass is 9.95. The Kier molecular flexibility index (Phi) is 6.00. The first kappa shape index (κ1) is 17.0. The summed E-state index contributed by atoms with van der Waals surface area (Å²) >= 11 is 0. The molecule has 0 saturated carbocycles. The van der Waals surface area contributed by atoms with Crippen LogP contribution >= 0.6 is 0 Å². The van der Waals surface area contributed by atoms with Crippen LogP contribution in [0.5, 0.6) is 0 Å². The quantitative estimate of drug-likeness (QED) is 0.877. The van der Waals surface area contributed by atoms with Crippen LogP contribution in [0.3, 0.4) is 0 Å². The van der Waals surface area contributed by atoms with Gasteiger partial charge in [-0.05, 0) is 52.1 Å². The van der Waals surface area contributed by atoms with Crippen molar-refractivity contribution in [3.63, 3.8) is 0 Å². The molecule has 1 saturated heterocycles. The number of nitrogens with zero attached hydrogens (tertiary/aromatic N) is 2. The highest BCUT2D eigenvalue weighted by Crippen LogP contribution is 2.19. The summed E-state index contributed by atoms with van der Waals surface area (Å²) in [6.45, 7) is 11.2. The molecule has 2 heterocycles. The van der Waals surface area contributed by atoms with E-state index in [1.54, 1.807) is 0 Å². The van der Waals surface area contributed by atoms with E-state index in [2.05, 4.69) is 43.1 Å². The molecule has 1 aromatic heterocycles. The monoisotopic (exact) mass is 307 g/mol. The molecule has 1 aliphatic heterocycles. The summed E-state index contributed by atoms with van der Waals surface area (Å²) in [7, 11) is 0. The van der Waals surface area contributed by atoms with E-state index >= 15 is 0 Å².